The van der Waals surface area contributed by atoms with Crippen LogP contribution in [0.15, 0.2) is 59.5 Å². The van der Waals surface area contributed by atoms with Crippen molar-refractivity contribution in [3.05, 3.63) is 87.7 Å². The quantitative estimate of drug-likeness (QED) is 0.123. The van der Waals surface area contributed by atoms with Crippen LogP contribution in [0.5, 0.6) is 0 Å². The molecule has 334 valence electrons. The van der Waals surface area contributed by atoms with Gasteiger partial charge in [0.15, 0.2) is 0 Å². The Kier molecular flexibility index (Phi) is 11.1. The van der Waals surface area contributed by atoms with Gasteiger partial charge in [-0.2, -0.15) is 18.3 Å². The molecule has 3 N–H and O–H groups in total. The minimum atomic E-state index is -4.69. The molecule has 3 amide bonds. The van der Waals surface area contributed by atoms with Crippen molar-refractivity contribution in [1.82, 2.24) is 34.1 Å². The van der Waals surface area contributed by atoms with Crippen LogP contribution in [0.25, 0.3) is 21.9 Å². The van der Waals surface area contributed by atoms with Crippen LogP contribution >= 0.6 is 0 Å². The first-order valence-electron chi connectivity index (χ1n) is 22.3. The maximum absolute atomic E-state index is 13.4. The molecule has 4 fully saturated rings. The van der Waals surface area contributed by atoms with Gasteiger partial charge in [0.05, 0.1) is 28.2 Å². The topological polar surface area (TPSA) is 156 Å². The maximum Gasteiger partial charge on any atom is 0.433 e. The Morgan fingerprint density at radius 3 is 2.40 bits per heavy atom. The van der Waals surface area contributed by atoms with Gasteiger partial charge in [-0.1, -0.05) is 18.2 Å². The molecular weight excluding hydrogens is 814 g/mol. The molecule has 9 rings (SSSR count). The Morgan fingerprint density at radius 2 is 1.70 bits per heavy atom. The van der Waals surface area contributed by atoms with Gasteiger partial charge in [-0.15, -0.1) is 0 Å². The van der Waals surface area contributed by atoms with Crippen molar-refractivity contribution < 1.29 is 32.7 Å². The lowest BCUT2D eigenvalue weighted by Gasteiger charge is -2.53. The van der Waals surface area contributed by atoms with Crippen LogP contribution in [0.3, 0.4) is 0 Å². The van der Waals surface area contributed by atoms with Crippen molar-refractivity contribution in [3.63, 3.8) is 0 Å². The van der Waals surface area contributed by atoms with Crippen LogP contribution in [0.4, 0.5) is 18.9 Å². The second-order valence-electron chi connectivity index (χ2n) is 19.2. The predicted octanol–water partition coefficient (Wildman–Crippen LogP) is 7.42. The van der Waals surface area contributed by atoms with Crippen molar-refractivity contribution in [3.8, 4) is 0 Å². The zero-order valence-corrected chi connectivity index (χ0v) is 36.0. The lowest BCUT2D eigenvalue weighted by Crippen LogP contribution is -2.48. The highest BCUT2D eigenvalue weighted by atomic mass is 19.4. The zero-order valence-electron chi connectivity index (χ0n) is 36.0. The number of benzene rings is 2. The summed E-state index contributed by atoms with van der Waals surface area (Å²) in [5.41, 5.74) is 1.38. The first-order valence-corrected chi connectivity index (χ1v) is 22.3. The van der Waals surface area contributed by atoms with E-state index < -0.39 is 35.3 Å². The van der Waals surface area contributed by atoms with Gasteiger partial charge in [0.1, 0.15) is 17.4 Å². The molecule has 13 nitrogen and oxygen atoms in total. The number of aromatic nitrogens is 5. The third-order valence-corrected chi connectivity index (χ3v) is 14.4. The monoisotopic (exact) mass is 868 g/mol. The molecule has 2 saturated carbocycles. The first kappa shape index (κ1) is 42.9. The van der Waals surface area contributed by atoms with Gasteiger partial charge in [0.25, 0.3) is 5.91 Å². The summed E-state index contributed by atoms with van der Waals surface area (Å²) < 4.78 is 45.0. The number of fused-ring (bicyclic) bond motifs is 2. The molecule has 0 radical (unpaired) electrons. The fourth-order valence-electron chi connectivity index (χ4n) is 11.0. The van der Waals surface area contributed by atoms with Crippen molar-refractivity contribution in [2.45, 2.75) is 115 Å². The molecule has 5 heterocycles. The number of halogens is 3. The highest BCUT2D eigenvalue weighted by Crippen LogP contribution is 2.54. The van der Waals surface area contributed by atoms with E-state index in [2.05, 4.69) is 26.6 Å². The average molecular weight is 869 g/mol. The molecule has 3 aromatic heterocycles. The Hall–Kier alpha value is -5.35. The van der Waals surface area contributed by atoms with Gasteiger partial charge in [-0.25, -0.2) is 9.78 Å². The molecule has 63 heavy (non-hydrogen) atoms. The Morgan fingerprint density at radius 1 is 0.968 bits per heavy atom. The minimum absolute atomic E-state index is 0.213. The molecular formula is C47H55F3N8O5. The number of hydrogen-bond acceptors (Lipinski definition) is 8. The number of alkyl halides is 3. The van der Waals surface area contributed by atoms with E-state index >= 15 is 0 Å². The van der Waals surface area contributed by atoms with Crippen molar-refractivity contribution in [2.24, 2.45) is 24.3 Å². The van der Waals surface area contributed by atoms with E-state index in [0.29, 0.717) is 34.8 Å². The van der Waals surface area contributed by atoms with E-state index in [-0.39, 0.29) is 35.4 Å². The standard InChI is InChI=1S/C47H55F3N8O5/c1-45(2,63)33-23-35-31(22-36(33)52-42(60)34-7-5-9-39(51-34)47(48,49)50)27-57(54-35)32-14-11-28(12-15-32)26-56-20-18-46(19-21-56)24-29(25-46)10-13-30-6-4-8-37-41(30)55(3)44(62)58(37)38-16-17-40(59)53-43(38)61/h4-9,22-23,27-29,32,38,63H,10-21,24-26H2,1-3H3,(H,52,60)(H,53,59,61). The summed E-state index contributed by atoms with van der Waals surface area (Å²) in [6.45, 7) is 6.52. The largest absolute Gasteiger partial charge is 0.433 e. The highest BCUT2D eigenvalue weighted by molar-refractivity contribution is 6.04. The summed E-state index contributed by atoms with van der Waals surface area (Å²) in [5.74, 6) is -0.251. The molecule has 0 bridgehead atoms. The smallest absolute Gasteiger partial charge is 0.386 e. The van der Waals surface area contributed by atoms with Crippen molar-refractivity contribution in [2.75, 3.05) is 25.0 Å². The van der Waals surface area contributed by atoms with Crippen LogP contribution < -0.4 is 16.3 Å². The number of aryl methyl sites for hydroxylation is 2. The van der Waals surface area contributed by atoms with Crippen LogP contribution in [0.2, 0.25) is 0 Å². The number of imidazole rings is 1. The number of para-hydroxylation sites is 1. The number of hydrogen-bond donors (Lipinski definition) is 3. The number of rotatable bonds is 10. The summed E-state index contributed by atoms with van der Waals surface area (Å²) in [5, 5.41) is 21.7. The van der Waals surface area contributed by atoms with Crippen LogP contribution in [0.1, 0.15) is 124 Å². The summed E-state index contributed by atoms with van der Waals surface area (Å²) in [6, 6.07) is 12.1. The van der Waals surface area contributed by atoms with E-state index in [9.17, 15) is 37.5 Å². The van der Waals surface area contributed by atoms with E-state index in [1.165, 1.54) is 31.7 Å². The fourth-order valence-corrected chi connectivity index (χ4v) is 11.0. The van der Waals surface area contributed by atoms with Crippen LogP contribution in [0, 0.1) is 17.3 Å². The number of nitrogens with zero attached hydrogens (tertiary/aromatic N) is 6. The number of piperidine rings is 2. The first-order chi connectivity index (χ1) is 29.9. The number of imide groups is 1. The van der Waals surface area contributed by atoms with Gasteiger partial charge < -0.3 is 15.3 Å². The van der Waals surface area contributed by atoms with E-state index in [1.807, 2.05) is 23.0 Å². The van der Waals surface area contributed by atoms with Crippen molar-refractivity contribution in [1.29, 1.82) is 0 Å². The molecule has 2 aromatic carbocycles. The number of likely N-dealkylation sites (tertiary alicyclic amines) is 1. The SMILES string of the molecule is Cn1c(=O)n(C2CCC(=O)NC2=O)c2cccc(CCC3CC4(CCN(CC5CCC(n6cc7cc(NC(=O)c8cccc(C(F)(F)F)n8)c(C(C)(C)O)cc7n6)CC5)CC4)C3)c21. The Balaban J connectivity index is 0.759. The second kappa shape index (κ2) is 16.3. The second-order valence-corrected chi connectivity index (χ2v) is 19.2. The molecule has 5 aromatic rings. The molecule has 2 aliphatic heterocycles. The lowest BCUT2D eigenvalue weighted by molar-refractivity contribution is -0.141. The van der Waals surface area contributed by atoms with Crippen LogP contribution in [-0.4, -0.2) is 71.3 Å². The number of amides is 3. The highest BCUT2D eigenvalue weighted by Gasteiger charge is 2.45. The summed E-state index contributed by atoms with van der Waals surface area (Å²) >= 11 is 0. The number of carbonyl (C=O) groups is 3. The normalized spacial score (nSPS) is 22.4. The molecule has 2 aliphatic carbocycles. The number of carbonyl (C=O) groups excluding carboxylic acids is 3. The number of nitrogens with one attached hydrogen (secondary N) is 2. The molecule has 2 saturated heterocycles. The zero-order chi connectivity index (χ0) is 44.4. The average Bonchev–Trinajstić information content (AvgIpc) is 3.76. The molecule has 16 heteroatoms. The number of pyridine rings is 1. The molecule has 1 spiro atoms. The third-order valence-electron chi connectivity index (χ3n) is 14.4. The summed E-state index contributed by atoms with van der Waals surface area (Å²) in [4.78, 5) is 57.1. The third kappa shape index (κ3) is 8.55. The lowest BCUT2D eigenvalue weighted by atomic mass is 9.56. The van der Waals surface area contributed by atoms with Gasteiger partial charge in [0.2, 0.25) is 11.8 Å². The molecule has 1 unspecified atom stereocenters. The maximum atomic E-state index is 13.4. The summed E-state index contributed by atoms with van der Waals surface area (Å²) in [7, 11) is 1.77. The van der Waals surface area contributed by atoms with E-state index in [0.717, 1.165) is 92.3 Å². The van der Waals surface area contributed by atoms with Gasteiger partial charge in [0, 0.05) is 42.8 Å². The van der Waals surface area contributed by atoms with Gasteiger partial charge in [-0.05, 0) is 151 Å². The van der Waals surface area contributed by atoms with E-state index in [4.69, 9.17) is 5.10 Å². The Bertz CT molecular complexity index is 2630. The van der Waals surface area contributed by atoms with Gasteiger partial charge >= 0.3 is 11.9 Å². The van der Waals surface area contributed by atoms with Gasteiger partial charge in [-0.3, -0.25) is 33.5 Å². The fraction of sp³-hybridized carbons (Fsp3) is 0.532. The Labute approximate surface area is 363 Å². The van der Waals surface area contributed by atoms with Crippen molar-refractivity contribution >= 4 is 45.3 Å². The predicted molar refractivity (Wildman–Crippen MR) is 231 cm³/mol. The van der Waals surface area contributed by atoms with E-state index in [1.54, 1.807) is 42.2 Å². The number of aliphatic hydroxyl groups is 1. The number of anilines is 1. The summed E-state index contributed by atoms with van der Waals surface area (Å²) in [6.07, 6.45) is 8.86. The molecule has 4 aliphatic rings. The minimum Gasteiger partial charge on any atom is -0.386 e. The van der Waals surface area contributed by atoms with Crippen LogP contribution in [-0.2, 0) is 34.8 Å². The molecule has 1 atom stereocenters.